The number of aliphatic hydroxyl groups is 2. The zero-order chi connectivity index (χ0) is 12.7. The second-order valence-corrected chi connectivity index (χ2v) is 5.96. The SMILES string of the molecule is O=S(=O)(O)C(O)C1(O)CC(c2ccccc2)C1. The molecule has 3 N–H and O–H groups in total. The quantitative estimate of drug-likeness (QED) is 0.686. The second kappa shape index (κ2) is 4.06. The van der Waals surface area contributed by atoms with Crippen molar-refractivity contribution in [2.24, 2.45) is 0 Å². The van der Waals surface area contributed by atoms with E-state index in [0.717, 1.165) is 5.56 Å². The van der Waals surface area contributed by atoms with Crippen LogP contribution in [0.3, 0.4) is 0 Å². The molecule has 17 heavy (non-hydrogen) atoms. The topological polar surface area (TPSA) is 94.8 Å². The van der Waals surface area contributed by atoms with Crippen LogP contribution in [0.5, 0.6) is 0 Å². The Morgan fingerprint density at radius 1 is 1.24 bits per heavy atom. The molecule has 6 heteroatoms. The Hall–Kier alpha value is -0.950. The van der Waals surface area contributed by atoms with Gasteiger partial charge in [-0.3, -0.25) is 4.55 Å². The lowest BCUT2D eigenvalue weighted by Gasteiger charge is -2.45. The molecule has 1 fully saturated rings. The van der Waals surface area contributed by atoms with E-state index in [9.17, 15) is 18.6 Å². The number of rotatable bonds is 3. The Bertz CT molecular complexity index is 490. The molecule has 94 valence electrons. The maximum absolute atomic E-state index is 10.8. The van der Waals surface area contributed by atoms with Gasteiger partial charge in [0.2, 0.25) is 5.44 Å². The maximum Gasteiger partial charge on any atom is 0.294 e. The predicted molar refractivity (Wildman–Crippen MR) is 60.9 cm³/mol. The van der Waals surface area contributed by atoms with Crippen LogP contribution in [0.4, 0.5) is 0 Å². The molecule has 0 amide bonds. The summed E-state index contributed by atoms with van der Waals surface area (Å²) in [5, 5.41) is 19.2. The Labute approximate surface area is 99.5 Å². The molecule has 2 rings (SSSR count). The van der Waals surface area contributed by atoms with E-state index in [4.69, 9.17) is 4.55 Å². The van der Waals surface area contributed by atoms with Crippen LogP contribution < -0.4 is 0 Å². The van der Waals surface area contributed by atoms with Crippen LogP contribution in [0.25, 0.3) is 0 Å². The number of hydrogen-bond donors (Lipinski definition) is 3. The van der Waals surface area contributed by atoms with Gasteiger partial charge in [-0.05, 0) is 24.3 Å². The molecule has 0 saturated heterocycles. The van der Waals surface area contributed by atoms with Crippen LogP contribution in [0, 0.1) is 0 Å². The van der Waals surface area contributed by atoms with Crippen molar-refractivity contribution in [3.05, 3.63) is 35.9 Å². The molecule has 1 aliphatic carbocycles. The van der Waals surface area contributed by atoms with E-state index in [2.05, 4.69) is 0 Å². The lowest BCUT2D eigenvalue weighted by molar-refractivity contribution is -0.106. The summed E-state index contributed by atoms with van der Waals surface area (Å²) in [5.41, 5.74) is -2.89. The molecule has 1 aromatic carbocycles. The van der Waals surface area contributed by atoms with Crippen molar-refractivity contribution in [1.82, 2.24) is 0 Å². The van der Waals surface area contributed by atoms with Crippen LogP contribution in [0.1, 0.15) is 24.3 Å². The molecule has 0 aliphatic heterocycles. The molecular weight excluding hydrogens is 244 g/mol. The summed E-state index contributed by atoms with van der Waals surface area (Å²) in [7, 11) is -4.62. The first-order valence-corrected chi connectivity index (χ1v) is 6.75. The Kier molecular flexibility index (Phi) is 2.99. The van der Waals surface area contributed by atoms with Crippen LogP contribution in [0.15, 0.2) is 30.3 Å². The van der Waals surface area contributed by atoms with Gasteiger partial charge in [-0.1, -0.05) is 30.3 Å². The molecule has 1 unspecified atom stereocenters. The van der Waals surface area contributed by atoms with E-state index < -0.39 is 21.2 Å². The smallest absolute Gasteiger partial charge is 0.294 e. The van der Waals surface area contributed by atoms with E-state index in [1.165, 1.54) is 0 Å². The molecular formula is C11H14O5S. The van der Waals surface area contributed by atoms with Crippen molar-refractivity contribution < 1.29 is 23.2 Å². The normalized spacial score (nSPS) is 30.6. The van der Waals surface area contributed by atoms with Gasteiger partial charge in [0.1, 0.15) is 5.60 Å². The highest BCUT2D eigenvalue weighted by Crippen LogP contribution is 2.47. The largest absolute Gasteiger partial charge is 0.386 e. The van der Waals surface area contributed by atoms with Crippen LogP contribution >= 0.6 is 0 Å². The van der Waals surface area contributed by atoms with Crippen LogP contribution in [-0.2, 0) is 10.1 Å². The fourth-order valence-electron chi connectivity index (χ4n) is 2.23. The van der Waals surface area contributed by atoms with Gasteiger partial charge in [0, 0.05) is 0 Å². The van der Waals surface area contributed by atoms with Gasteiger partial charge in [0.25, 0.3) is 10.1 Å². The minimum Gasteiger partial charge on any atom is -0.386 e. The average molecular weight is 258 g/mol. The fourth-order valence-corrected chi connectivity index (χ4v) is 2.98. The fraction of sp³-hybridized carbons (Fsp3) is 0.455. The minimum atomic E-state index is -4.62. The molecule has 0 heterocycles. The highest BCUT2D eigenvalue weighted by atomic mass is 32.2. The Balaban J connectivity index is 2.08. The van der Waals surface area contributed by atoms with Gasteiger partial charge in [0.05, 0.1) is 0 Å². The highest BCUT2D eigenvalue weighted by molar-refractivity contribution is 7.86. The maximum atomic E-state index is 10.8. The first-order valence-electron chi connectivity index (χ1n) is 5.25. The van der Waals surface area contributed by atoms with Gasteiger partial charge in [0.15, 0.2) is 0 Å². The lowest BCUT2D eigenvalue weighted by Crippen LogP contribution is -2.54. The van der Waals surface area contributed by atoms with Crippen molar-refractivity contribution in [2.75, 3.05) is 0 Å². The monoisotopic (exact) mass is 258 g/mol. The van der Waals surface area contributed by atoms with Gasteiger partial charge in [-0.2, -0.15) is 8.42 Å². The summed E-state index contributed by atoms with van der Waals surface area (Å²) in [4.78, 5) is 0. The number of benzene rings is 1. The van der Waals surface area contributed by atoms with Crippen molar-refractivity contribution in [3.8, 4) is 0 Å². The van der Waals surface area contributed by atoms with Crippen LogP contribution in [-0.4, -0.2) is 34.2 Å². The summed E-state index contributed by atoms with van der Waals surface area (Å²) in [6, 6.07) is 9.33. The molecule has 0 aromatic heterocycles. The average Bonchev–Trinajstić information content (AvgIpc) is 2.24. The number of hydrogen-bond acceptors (Lipinski definition) is 4. The summed E-state index contributed by atoms with van der Waals surface area (Å²) in [6.07, 6.45) is 0.246. The van der Waals surface area contributed by atoms with E-state index >= 15 is 0 Å². The van der Waals surface area contributed by atoms with Crippen molar-refractivity contribution >= 4 is 10.1 Å². The summed E-state index contributed by atoms with van der Waals surface area (Å²) in [6.45, 7) is 0. The molecule has 1 atom stereocenters. The van der Waals surface area contributed by atoms with Gasteiger partial charge < -0.3 is 10.2 Å². The van der Waals surface area contributed by atoms with E-state index in [1.54, 1.807) is 0 Å². The molecule has 1 aromatic rings. The molecule has 1 aliphatic rings. The number of aliphatic hydroxyl groups excluding tert-OH is 1. The van der Waals surface area contributed by atoms with E-state index in [-0.39, 0.29) is 18.8 Å². The Morgan fingerprint density at radius 3 is 2.24 bits per heavy atom. The Morgan fingerprint density at radius 2 is 1.76 bits per heavy atom. The van der Waals surface area contributed by atoms with Gasteiger partial charge in [-0.25, -0.2) is 0 Å². The standard InChI is InChI=1S/C11H14O5S/c12-10(17(14,15)16)11(13)6-9(7-11)8-4-2-1-3-5-8/h1-5,9-10,12-13H,6-7H2,(H,14,15,16). The summed E-state index contributed by atoms with van der Waals surface area (Å²) in [5.74, 6) is 0.0117. The van der Waals surface area contributed by atoms with Gasteiger partial charge >= 0.3 is 0 Å². The third-order valence-corrected chi connectivity index (χ3v) is 4.22. The molecule has 5 nitrogen and oxygen atoms in total. The zero-order valence-electron chi connectivity index (χ0n) is 9.02. The predicted octanol–water partition coefficient (Wildman–Crippen LogP) is 0.501. The zero-order valence-corrected chi connectivity index (χ0v) is 9.84. The molecule has 0 bridgehead atoms. The minimum absolute atomic E-state index is 0.0117. The van der Waals surface area contributed by atoms with Crippen molar-refractivity contribution in [3.63, 3.8) is 0 Å². The van der Waals surface area contributed by atoms with Crippen LogP contribution in [0.2, 0.25) is 0 Å². The summed E-state index contributed by atoms with van der Waals surface area (Å²) >= 11 is 0. The van der Waals surface area contributed by atoms with Gasteiger partial charge in [-0.15, -0.1) is 0 Å². The van der Waals surface area contributed by atoms with E-state index in [1.807, 2.05) is 30.3 Å². The molecule has 0 radical (unpaired) electrons. The first-order chi connectivity index (χ1) is 7.83. The third kappa shape index (κ3) is 2.35. The lowest BCUT2D eigenvalue weighted by atomic mass is 9.68. The molecule has 0 spiro atoms. The molecule has 1 saturated carbocycles. The first kappa shape index (κ1) is 12.5. The van der Waals surface area contributed by atoms with E-state index in [0.29, 0.717) is 0 Å². The second-order valence-electron chi connectivity index (χ2n) is 4.49. The van der Waals surface area contributed by atoms with Crippen molar-refractivity contribution in [2.45, 2.75) is 29.8 Å². The van der Waals surface area contributed by atoms with Crippen molar-refractivity contribution in [1.29, 1.82) is 0 Å². The third-order valence-electron chi connectivity index (χ3n) is 3.21. The summed E-state index contributed by atoms with van der Waals surface area (Å²) < 4.78 is 30.2. The highest BCUT2D eigenvalue weighted by Gasteiger charge is 2.53.